The lowest BCUT2D eigenvalue weighted by Crippen LogP contribution is -2.40. The van der Waals surface area contributed by atoms with Crippen molar-refractivity contribution in [1.82, 2.24) is 10.6 Å². The number of benzene rings is 1. The van der Waals surface area contributed by atoms with E-state index < -0.39 is 0 Å². The topological polar surface area (TPSA) is 41.1 Å². The molecule has 0 spiro atoms. The Labute approximate surface area is 128 Å². The molecule has 21 heavy (non-hydrogen) atoms. The highest BCUT2D eigenvalue weighted by Crippen LogP contribution is 2.43. The normalized spacial score (nSPS) is 20.1. The highest BCUT2D eigenvalue weighted by molar-refractivity contribution is 5.76. The minimum Gasteiger partial charge on any atom is -0.354 e. The number of fused-ring (bicyclic) bond motifs is 1. The van der Waals surface area contributed by atoms with Crippen LogP contribution in [-0.4, -0.2) is 18.5 Å². The van der Waals surface area contributed by atoms with Gasteiger partial charge in [0.15, 0.2) is 0 Å². The predicted octanol–water partition coefficient (Wildman–Crippen LogP) is 3.20. The SMILES string of the molecule is CC(C)NC(=O)CCNC1c2ccccc2CCC1(C)C. The lowest BCUT2D eigenvalue weighted by molar-refractivity contribution is -0.121. The molecule has 0 heterocycles. The van der Waals surface area contributed by atoms with E-state index in [-0.39, 0.29) is 17.4 Å². The lowest BCUT2D eigenvalue weighted by Gasteiger charge is -2.40. The second-order valence-corrected chi connectivity index (χ2v) is 7.05. The van der Waals surface area contributed by atoms with Gasteiger partial charge in [-0.1, -0.05) is 38.1 Å². The molecule has 0 saturated heterocycles. The molecule has 116 valence electrons. The zero-order valence-corrected chi connectivity index (χ0v) is 13.7. The molecule has 0 radical (unpaired) electrons. The zero-order chi connectivity index (χ0) is 15.5. The van der Waals surface area contributed by atoms with Crippen LogP contribution in [0.25, 0.3) is 0 Å². The van der Waals surface area contributed by atoms with Gasteiger partial charge in [0.05, 0.1) is 0 Å². The Bertz CT molecular complexity index is 494. The van der Waals surface area contributed by atoms with Crippen molar-refractivity contribution in [2.24, 2.45) is 5.41 Å². The maximum absolute atomic E-state index is 11.8. The summed E-state index contributed by atoms with van der Waals surface area (Å²) in [7, 11) is 0. The van der Waals surface area contributed by atoms with Gasteiger partial charge in [-0.2, -0.15) is 0 Å². The molecule has 2 N–H and O–H groups in total. The molecule has 1 amide bonds. The first-order chi connectivity index (χ1) is 9.90. The minimum absolute atomic E-state index is 0.124. The van der Waals surface area contributed by atoms with Crippen molar-refractivity contribution < 1.29 is 4.79 Å². The van der Waals surface area contributed by atoms with Crippen molar-refractivity contribution in [3.8, 4) is 0 Å². The first-order valence-corrected chi connectivity index (χ1v) is 8.01. The third-order valence-corrected chi connectivity index (χ3v) is 4.34. The van der Waals surface area contributed by atoms with Gasteiger partial charge in [0.2, 0.25) is 5.91 Å². The number of aryl methyl sites for hydroxylation is 1. The molecular weight excluding hydrogens is 260 g/mol. The zero-order valence-electron chi connectivity index (χ0n) is 13.7. The summed E-state index contributed by atoms with van der Waals surface area (Å²) in [6.45, 7) is 9.34. The molecule has 1 unspecified atom stereocenters. The number of amides is 1. The van der Waals surface area contributed by atoms with Crippen molar-refractivity contribution in [2.75, 3.05) is 6.54 Å². The molecule has 0 fully saturated rings. The number of rotatable bonds is 5. The molecule has 1 aromatic carbocycles. The van der Waals surface area contributed by atoms with Crippen molar-refractivity contribution >= 4 is 5.91 Å². The van der Waals surface area contributed by atoms with E-state index in [1.165, 1.54) is 17.5 Å². The van der Waals surface area contributed by atoms with Crippen molar-refractivity contribution in [2.45, 2.75) is 59.0 Å². The van der Waals surface area contributed by atoms with Crippen LogP contribution in [0.15, 0.2) is 24.3 Å². The second-order valence-electron chi connectivity index (χ2n) is 7.05. The van der Waals surface area contributed by atoms with Gasteiger partial charge < -0.3 is 10.6 Å². The molecule has 0 aromatic heterocycles. The van der Waals surface area contributed by atoms with Crippen molar-refractivity contribution in [1.29, 1.82) is 0 Å². The van der Waals surface area contributed by atoms with Crippen LogP contribution in [0.4, 0.5) is 0 Å². The maximum atomic E-state index is 11.8. The summed E-state index contributed by atoms with van der Waals surface area (Å²) in [5.41, 5.74) is 3.07. The Morgan fingerprint density at radius 1 is 1.33 bits per heavy atom. The lowest BCUT2D eigenvalue weighted by atomic mass is 9.70. The first kappa shape index (κ1) is 16.0. The molecule has 1 aliphatic carbocycles. The predicted molar refractivity (Wildman–Crippen MR) is 87.2 cm³/mol. The Kier molecular flexibility index (Phi) is 5.04. The molecule has 2 rings (SSSR count). The quantitative estimate of drug-likeness (QED) is 0.873. The molecule has 0 bridgehead atoms. The summed E-state index contributed by atoms with van der Waals surface area (Å²) in [5.74, 6) is 0.124. The van der Waals surface area contributed by atoms with Crippen molar-refractivity contribution in [3.63, 3.8) is 0 Å². The highest BCUT2D eigenvalue weighted by Gasteiger charge is 2.35. The van der Waals surface area contributed by atoms with E-state index in [1.807, 2.05) is 13.8 Å². The van der Waals surface area contributed by atoms with E-state index in [1.54, 1.807) is 0 Å². The number of hydrogen-bond donors (Lipinski definition) is 2. The monoisotopic (exact) mass is 288 g/mol. The van der Waals surface area contributed by atoms with Crippen LogP contribution in [0.1, 0.15) is 57.7 Å². The average molecular weight is 288 g/mol. The fourth-order valence-corrected chi connectivity index (χ4v) is 3.18. The van der Waals surface area contributed by atoms with E-state index in [4.69, 9.17) is 0 Å². The van der Waals surface area contributed by atoms with Gasteiger partial charge in [-0.15, -0.1) is 0 Å². The fourth-order valence-electron chi connectivity index (χ4n) is 3.18. The van der Waals surface area contributed by atoms with Crippen LogP contribution in [0.3, 0.4) is 0 Å². The largest absolute Gasteiger partial charge is 0.354 e. The number of nitrogens with one attached hydrogen (secondary N) is 2. The smallest absolute Gasteiger partial charge is 0.221 e. The average Bonchev–Trinajstić information content (AvgIpc) is 2.40. The Morgan fingerprint density at radius 3 is 2.76 bits per heavy atom. The fraction of sp³-hybridized carbons (Fsp3) is 0.611. The Hall–Kier alpha value is -1.35. The molecule has 0 saturated carbocycles. The van der Waals surface area contributed by atoms with E-state index in [0.717, 1.165) is 13.0 Å². The van der Waals surface area contributed by atoms with E-state index in [9.17, 15) is 4.79 Å². The molecule has 1 aliphatic rings. The van der Waals surface area contributed by atoms with E-state index in [0.29, 0.717) is 12.5 Å². The molecule has 3 nitrogen and oxygen atoms in total. The van der Waals surface area contributed by atoms with Gasteiger partial charge in [-0.05, 0) is 43.2 Å². The Balaban J connectivity index is 1.99. The summed E-state index contributed by atoms with van der Waals surface area (Å²) >= 11 is 0. The van der Waals surface area contributed by atoms with Crippen LogP contribution in [0.2, 0.25) is 0 Å². The summed E-state index contributed by atoms with van der Waals surface area (Å²) in [4.78, 5) is 11.8. The van der Waals surface area contributed by atoms with Crippen LogP contribution in [0.5, 0.6) is 0 Å². The van der Waals surface area contributed by atoms with Gasteiger partial charge >= 0.3 is 0 Å². The van der Waals surface area contributed by atoms with Gasteiger partial charge in [0.1, 0.15) is 0 Å². The molecule has 1 aromatic rings. The van der Waals surface area contributed by atoms with E-state index in [2.05, 4.69) is 48.7 Å². The molecule has 1 atom stereocenters. The van der Waals surface area contributed by atoms with Crippen molar-refractivity contribution in [3.05, 3.63) is 35.4 Å². The summed E-state index contributed by atoms with van der Waals surface area (Å²) < 4.78 is 0. The van der Waals surface area contributed by atoms with E-state index >= 15 is 0 Å². The molecule has 3 heteroatoms. The third-order valence-electron chi connectivity index (χ3n) is 4.34. The number of hydrogen-bond acceptors (Lipinski definition) is 2. The number of carbonyl (C=O) groups excluding carboxylic acids is 1. The second kappa shape index (κ2) is 6.61. The molecular formula is C18H28N2O. The van der Waals surface area contributed by atoms with Crippen LogP contribution < -0.4 is 10.6 Å². The maximum Gasteiger partial charge on any atom is 0.221 e. The van der Waals surface area contributed by atoms with Crippen LogP contribution in [-0.2, 0) is 11.2 Å². The Morgan fingerprint density at radius 2 is 2.05 bits per heavy atom. The minimum atomic E-state index is 0.124. The van der Waals surface area contributed by atoms with Crippen LogP contribution >= 0.6 is 0 Å². The highest BCUT2D eigenvalue weighted by atomic mass is 16.1. The van der Waals surface area contributed by atoms with Gasteiger partial charge in [-0.25, -0.2) is 0 Å². The standard InChI is InChI=1S/C18H28N2O/c1-13(2)20-16(21)10-12-19-17-15-8-6-5-7-14(15)9-11-18(17,3)4/h5-8,13,17,19H,9-12H2,1-4H3,(H,20,21). The molecule has 0 aliphatic heterocycles. The third kappa shape index (κ3) is 4.07. The van der Waals surface area contributed by atoms with Crippen LogP contribution in [0, 0.1) is 5.41 Å². The first-order valence-electron chi connectivity index (χ1n) is 8.01. The van der Waals surface area contributed by atoms with Gasteiger partial charge in [0, 0.05) is 25.0 Å². The number of carbonyl (C=O) groups is 1. The summed E-state index contributed by atoms with van der Waals surface area (Å²) in [6.07, 6.45) is 2.86. The van der Waals surface area contributed by atoms with Gasteiger partial charge in [-0.3, -0.25) is 4.79 Å². The van der Waals surface area contributed by atoms with Gasteiger partial charge in [0.25, 0.3) is 0 Å². The summed E-state index contributed by atoms with van der Waals surface area (Å²) in [5, 5.41) is 6.55. The summed E-state index contributed by atoms with van der Waals surface area (Å²) in [6, 6.07) is 9.22.